The van der Waals surface area contributed by atoms with Crippen LogP contribution in [0, 0.1) is 5.92 Å². The summed E-state index contributed by atoms with van der Waals surface area (Å²) in [5, 5.41) is 0. The van der Waals surface area contributed by atoms with E-state index >= 15 is 0 Å². The summed E-state index contributed by atoms with van der Waals surface area (Å²) < 4.78 is 5.35. The van der Waals surface area contributed by atoms with Crippen LogP contribution < -0.4 is 10.5 Å². The summed E-state index contributed by atoms with van der Waals surface area (Å²) in [5.41, 5.74) is 6.96. The van der Waals surface area contributed by atoms with Crippen molar-refractivity contribution < 1.29 is 4.74 Å². The molecule has 0 saturated heterocycles. The molecule has 0 amide bonds. The second kappa shape index (κ2) is 7.30. The predicted octanol–water partition coefficient (Wildman–Crippen LogP) is 2.11. The predicted molar refractivity (Wildman–Crippen MR) is 72.2 cm³/mol. The van der Waals surface area contributed by atoms with E-state index in [2.05, 4.69) is 24.9 Å². The minimum atomic E-state index is 0.578. The molecule has 0 aliphatic heterocycles. The maximum Gasteiger partial charge on any atom is 0.123 e. The zero-order chi connectivity index (χ0) is 12.7. The van der Waals surface area contributed by atoms with Gasteiger partial charge >= 0.3 is 0 Å². The third-order valence-corrected chi connectivity index (χ3v) is 3.11. The maximum absolute atomic E-state index is 5.73. The number of para-hydroxylation sites is 1. The van der Waals surface area contributed by atoms with Crippen LogP contribution in [0.2, 0.25) is 0 Å². The van der Waals surface area contributed by atoms with Crippen LogP contribution in [0.4, 0.5) is 0 Å². The number of methoxy groups -OCH3 is 1. The molecule has 17 heavy (non-hydrogen) atoms. The first kappa shape index (κ1) is 14.0. The molecule has 0 fully saturated rings. The van der Waals surface area contributed by atoms with Crippen LogP contribution in [-0.2, 0) is 6.54 Å². The van der Waals surface area contributed by atoms with Gasteiger partial charge in [-0.15, -0.1) is 0 Å². The third kappa shape index (κ3) is 4.36. The molecular weight excluding hydrogens is 212 g/mol. The van der Waals surface area contributed by atoms with Crippen molar-refractivity contribution in [3.8, 4) is 5.75 Å². The molecule has 1 unspecified atom stereocenters. The summed E-state index contributed by atoms with van der Waals surface area (Å²) in [7, 11) is 3.85. The van der Waals surface area contributed by atoms with Crippen molar-refractivity contribution in [3.63, 3.8) is 0 Å². The van der Waals surface area contributed by atoms with Crippen molar-refractivity contribution >= 4 is 0 Å². The minimum absolute atomic E-state index is 0.578. The van der Waals surface area contributed by atoms with Gasteiger partial charge < -0.3 is 15.4 Å². The van der Waals surface area contributed by atoms with Crippen LogP contribution in [0.15, 0.2) is 24.3 Å². The molecule has 1 atom stereocenters. The van der Waals surface area contributed by atoms with Crippen LogP contribution >= 0.6 is 0 Å². The van der Waals surface area contributed by atoms with E-state index in [0.717, 1.165) is 31.8 Å². The standard InChI is InChI=1S/C14H24N2O/c1-4-12(9-15)10-16(2)11-13-7-5-6-8-14(13)17-3/h5-8,12H,4,9-11,15H2,1-3H3. The van der Waals surface area contributed by atoms with Crippen molar-refractivity contribution in [1.29, 1.82) is 0 Å². The molecule has 3 heteroatoms. The molecular formula is C14H24N2O. The van der Waals surface area contributed by atoms with Gasteiger partial charge in [-0.05, 0) is 25.6 Å². The Hall–Kier alpha value is -1.06. The molecule has 0 radical (unpaired) electrons. The SMILES string of the molecule is CCC(CN)CN(C)Cc1ccccc1OC. The van der Waals surface area contributed by atoms with Crippen molar-refractivity contribution in [1.82, 2.24) is 4.90 Å². The lowest BCUT2D eigenvalue weighted by Gasteiger charge is -2.22. The van der Waals surface area contributed by atoms with E-state index < -0.39 is 0 Å². The summed E-state index contributed by atoms with van der Waals surface area (Å²) in [6, 6.07) is 8.16. The largest absolute Gasteiger partial charge is 0.496 e. The molecule has 0 saturated carbocycles. The van der Waals surface area contributed by atoms with Gasteiger partial charge in [0.1, 0.15) is 5.75 Å². The van der Waals surface area contributed by atoms with Crippen LogP contribution in [-0.4, -0.2) is 32.1 Å². The Morgan fingerprint density at radius 1 is 1.35 bits per heavy atom. The molecule has 2 N–H and O–H groups in total. The second-order valence-electron chi connectivity index (χ2n) is 4.52. The van der Waals surface area contributed by atoms with Crippen LogP contribution in [0.25, 0.3) is 0 Å². The number of benzene rings is 1. The highest BCUT2D eigenvalue weighted by Crippen LogP contribution is 2.19. The smallest absolute Gasteiger partial charge is 0.123 e. The molecule has 96 valence electrons. The van der Waals surface area contributed by atoms with E-state index in [4.69, 9.17) is 10.5 Å². The lowest BCUT2D eigenvalue weighted by Crippen LogP contribution is -2.29. The van der Waals surface area contributed by atoms with E-state index in [9.17, 15) is 0 Å². The van der Waals surface area contributed by atoms with E-state index in [1.165, 1.54) is 5.56 Å². The molecule has 1 aromatic rings. The van der Waals surface area contributed by atoms with Crippen LogP contribution in [0.5, 0.6) is 5.75 Å². The van der Waals surface area contributed by atoms with Gasteiger partial charge in [0.2, 0.25) is 0 Å². The maximum atomic E-state index is 5.73. The highest BCUT2D eigenvalue weighted by Gasteiger charge is 2.10. The molecule has 1 aromatic carbocycles. The highest BCUT2D eigenvalue weighted by atomic mass is 16.5. The fraction of sp³-hybridized carbons (Fsp3) is 0.571. The topological polar surface area (TPSA) is 38.5 Å². The summed E-state index contributed by atoms with van der Waals surface area (Å²) in [5.74, 6) is 1.54. The lowest BCUT2D eigenvalue weighted by molar-refractivity contribution is 0.264. The fourth-order valence-corrected chi connectivity index (χ4v) is 2.00. The first-order chi connectivity index (χ1) is 8.21. The van der Waals surface area contributed by atoms with Gasteiger partial charge in [0.15, 0.2) is 0 Å². The third-order valence-electron chi connectivity index (χ3n) is 3.11. The number of nitrogens with zero attached hydrogens (tertiary/aromatic N) is 1. The lowest BCUT2D eigenvalue weighted by atomic mass is 10.1. The van der Waals surface area contributed by atoms with Crippen LogP contribution in [0.3, 0.4) is 0 Å². The molecule has 0 bridgehead atoms. The average Bonchev–Trinajstić information content (AvgIpc) is 2.36. The number of hydrogen-bond donors (Lipinski definition) is 1. The van der Waals surface area contributed by atoms with Gasteiger partial charge in [-0.25, -0.2) is 0 Å². The van der Waals surface area contributed by atoms with Crippen LogP contribution in [0.1, 0.15) is 18.9 Å². The zero-order valence-electron chi connectivity index (χ0n) is 11.1. The Bertz CT molecular complexity index is 324. The number of ether oxygens (including phenoxy) is 1. The van der Waals surface area contributed by atoms with E-state index in [0.29, 0.717) is 5.92 Å². The summed E-state index contributed by atoms with van der Waals surface area (Å²) in [4.78, 5) is 2.30. The Balaban J connectivity index is 2.58. The van der Waals surface area contributed by atoms with E-state index in [1.807, 2.05) is 18.2 Å². The van der Waals surface area contributed by atoms with E-state index in [-0.39, 0.29) is 0 Å². The van der Waals surface area contributed by atoms with Crippen molar-refractivity contribution in [2.24, 2.45) is 11.7 Å². The van der Waals surface area contributed by atoms with Crippen molar-refractivity contribution in [2.75, 3.05) is 27.2 Å². The number of hydrogen-bond acceptors (Lipinski definition) is 3. The molecule has 3 nitrogen and oxygen atoms in total. The molecule has 0 heterocycles. The monoisotopic (exact) mass is 236 g/mol. The Kier molecular flexibility index (Phi) is 6.01. The number of rotatable bonds is 7. The minimum Gasteiger partial charge on any atom is -0.496 e. The molecule has 0 aliphatic carbocycles. The van der Waals surface area contributed by atoms with Gasteiger partial charge in [0, 0.05) is 18.7 Å². The van der Waals surface area contributed by atoms with Gasteiger partial charge in [0.05, 0.1) is 7.11 Å². The first-order valence-electron chi connectivity index (χ1n) is 6.21. The molecule has 0 aromatic heterocycles. The molecule has 0 aliphatic rings. The summed E-state index contributed by atoms with van der Waals surface area (Å²) in [6.45, 7) is 4.88. The zero-order valence-corrected chi connectivity index (χ0v) is 11.1. The van der Waals surface area contributed by atoms with Gasteiger partial charge in [-0.3, -0.25) is 0 Å². The summed E-state index contributed by atoms with van der Waals surface area (Å²) in [6.07, 6.45) is 1.13. The van der Waals surface area contributed by atoms with E-state index in [1.54, 1.807) is 7.11 Å². The second-order valence-corrected chi connectivity index (χ2v) is 4.52. The normalized spacial score (nSPS) is 12.8. The first-order valence-corrected chi connectivity index (χ1v) is 6.21. The molecule has 1 rings (SSSR count). The Morgan fingerprint density at radius 3 is 2.65 bits per heavy atom. The Labute approximate surface area is 105 Å². The highest BCUT2D eigenvalue weighted by molar-refractivity contribution is 5.32. The quantitative estimate of drug-likeness (QED) is 0.788. The Morgan fingerprint density at radius 2 is 2.06 bits per heavy atom. The van der Waals surface area contributed by atoms with Gasteiger partial charge in [-0.2, -0.15) is 0 Å². The molecule has 0 spiro atoms. The summed E-state index contributed by atoms with van der Waals surface area (Å²) >= 11 is 0. The fourth-order valence-electron chi connectivity index (χ4n) is 2.00. The van der Waals surface area contributed by atoms with Gasteiger partial charge in [-0.1, -0.05) is 31.5 Å². The van der Waals surface area contributed by atoms with Crippen molar-refractivity contribution in [3.05, 3.63) is 29.8 Å². The number of nitrogens with two attached hydrogens (primary N) is 1. The van der Waals surface area contributed by atoms with Crippen molar-refractivity contribution in [2.45, 2.75) is 19.9 Å². The van der Waals surface area contributed by atoms with Gasteiger partial charge in [0.25, 0.3) is 0 Å². The average molecular weight is 236 g/mol.